The van der Waals surface area contributed by atoms with Crippen molar-refractivity contribution in [3.63, 3.8) is 0 Å². The predicted molar refractivity (Wildman–Crippen MR) is 97.7 cm³/mol. The quantitative estimate of drug-likeness (QED) is 0.736. The first-order chi connectivity index (χ1) is 10.0. The van der Waals surface area contributed by atoms with Crippen LogP contribution in [0.25, 0.3) is 0 Å². The molecule has 0 saturated heterocycles. The Balaban J connectivity index is 2.18. The topological polar surface area (TPSA) is 28.2 Å². The number of anilines is 1. The van der Waals surface area contributed by atoms with Crippen LogP contribution in [-0.2, 0) is 13.1 Å². The Kier molecular flexibility index (Phi) is 6.22. The number of hydrogen-bond donors (Lipinski definition) is 1. The van der Waals surface area contributed by atoms with Crippen molar-refractivity contribution in [1.82, 2.24) is 10.3 Å². The van der Waals surface area contributed by atoms with E-state index >= 15 is 0 Å². The van der Waals surface area contributed by atoms with E-state index in [9.17, 15) is 0 Å². The van der Waals surface area contributed by atoms with Crippen LogP contribution in [0.15, 0.2) is 15.9 Å². The van der Waals surface area contributed by atoms with Gasteiger partial charge in [0.1, 0.15) is 0 Å². The van der Waals surface area contributed by atoms with Gasteiger partial charge in [0.15, 0.2) is 5.13 Å². The molecule has 2 aromatic heterocycles. The number of hydrogen-bond acceptors (Lipinski definition) is 5. The third-order valence-corrected chi connectivity index (χ3v) is 6.34. The number of rotatable bonds is 7. The van der Waals surface area contributed by atoms with Crippen molar-refractivity contribution < 1.29 is 0 Å². The minimum Gasteiger partial charge on any atom is -0.346 e. The van der Waals surface area contributed by atoms with Crippen LogP contribution in [-0.4, -0.2) is 19.1 Å². The molecule has 3 nitrogen and oxygen atoms in total. The number of halogens is 1. The standard InChI is InChI=1S/C15H22BrN3S2/c1-5-10(2)14-13(7-17-3)21-15(18-14)19(4)8-12-6-11(16)9-20-12/h6,9-10,17H,5,7-8H2,1-4H3. The Morgan fingerprint density at radius 3 is 2.81 bits per heavy atom. The lowest BCUT2D eigenvalue weighted by atomic mass is 10.0. The molecule has 0 aliphatic rings. The van der Waals surface area contributed by atoms with E-state index in [-0.39, 0.29) is 0 Å². The Labute approximate surface area is 143 Å². The van der Waals surface area contributed by atoms with E-state index in [0.29, 0.717) is 5.92 Å². The number of aromatic nitrogens is 1. The second-order valence-electron chi connectivity index (χ2n) is 5.23. The van der Waals surface area contributed by atoms with Crippen LogP contribution in [0.3, 0.4) is 0 Å². The Morgan fingerprint density at radius 1 is 1.48 bits per heavy atom. The SMILES string of the molecule is CCC(C)c1nc(N(C)Cc2cc(Br)cs2)sc1CNC. The summed E-state index contributed by atoms with van der Waals surface area (Å²) >= 11 is 7.10. The summed E-state index contributed by atoms with van der Waals surface area (Å²) in [4.78, 5) is 9.85. The summed E-state index contributed by atoms with van der Waals surface area (Å²) in [5, 5.41) is 6.49. The molecule has 6 heteroatoms. The monoisotopic (exact) mass is 387 g/mol. The first-order valence-electron chi connectivity index (χ1n) is 7.13. The van der Waals surface area contributed by atoms with Gasteiger partial charge in [0.25, 0.3) is 0 Å². The van der Waals surface area contributed by atoms with Gasteiger partial charge in [0.2, 0.25) is 0 Å². The average molecular weight is 388 g/mol. The third kappa shape index (κ3) is 4.28. The zero-order chi connectivity index (χ0) is 15.4. The van der Waals surface area contributed by atoms with E-state index in [0.717, 1.165) is 29.1 Å². The van der Waals surface area contributed by atoms with Crippen molar-refractivity contribution in [1.29, 1.82) is 0 Å². The molecule has 0 radical (unpaired) electrons. The summed E-state index contributed by atoms with van der Waals surface area (Å²) in [6.07, 6.45) is 1.13. The molecule has 0 spiro atoms. The highest BCUT2D eigenvalue weighted by Crippen LogP contribution is 2.33. The summed E-state index contributed by atoms with van der Waals surface area (Å²) < 4.78 is 1.16. The van der Waals surface area contributed by atoms with Crippen molar-refractivity contribution in [3.8, 4) is 0 Å². The van der Waals surface area contributed by atoms with Crippen LogP contribution in [0.4, 0.5) is 5.13 Å². The molecule has 1 N–H and O–H groups in total. The molecule has 2 rings (SSSR count). The molecule has 2 heterocycles. The highest BCUT2D eigenvalue weighted by atomic mass is 79.9. The minimum atomic E-state index is 0.516. The fourth-order valence-electron chi connectivity index (χ4n) is 2.12. The number of thiophene rings is 1. The number of thiazole rings is 1. The minimum absolute atomic E-state index is 0.516. The fourth-order valence-corrected chi connectivity index (χ4v) is 4.77. The van der Waals surface area contributed by atoms with Crippen molar-refractivity contribution in [2.75, 3.05) is 19.0 Å². The molecular weight excluding hydrogens is 366 g/mol. The summed E-state index contributed by atoms with van der Waals surface area (Å²) in [6.45, 7) is 6.28. The van der Waals surface area contributed by atoms with E-state index in [1.807, 2.05) is 18.4 Å². The smallest absolute Gasteiger partial charge is 0.185 e. The lowest BCUT2D eigenvalue weighted by molar-refractivity contribution is 0.692. The molecule has 1 unspecified atom stereocenters. The third-order valence-electron chi connectivity index (χ3n) is 3.47. The van der Waals surface area contributed by atoms with Crippen LogP contribution < -0.4 is 10.2 Å². The number of nitrogens with one attached hydrogen (secondary N) is 1. The zero-order valence-corrected chi connectivity index (χ0v) is 16.2. The maximum atomic E-state index is 4.90. The highest BCUT2D eigenvalue weighted by molar-refractivity contribution is 9.10. The largest absolute Gasteiger partial charge is 0.346 e. The molecule has 2 aromatic rings. The van der Waals surface area contributed by atoms with Crippen LogP contribution in [0.2, 0.25) is 0 Å². The average Bonchev–Trinajstić information content (AvgIpc) is 3.05. The lowest BCUT2D eigenvalue weighted by Crippen LogP contribution is -2.15. The Morgan fingerprint density at radius 2 is 2.24 bits per heavy atom. The second kappa shape index (κ2) is 7.72. The van der Waals surface area contributed by atoms with Gasteiger partial charge >= 0.3 is 0 Å². The van der Waals surface area contributed by atoms with Gasteiger partial charge in [-0.05, 0) is 41.4 Å². The summed E-state index contributed by atoms with van der Waals surface area (Å²) in [5.74, 6) is 0.516. The van der Waals surface area contributed by atoms with E-state index in [1.54, 1.807) is 11.3 Å². The molecule has 0 amide bonds. The molecule has 0 saturated carbocycles. The van der Waals surface area contributed by atoms with Crippen molar-refractivity contribution in [2.24, 2.45) is 0 Å². The molecule has 0 aliphatic heterocycles. The maximum Gasteiger partial charge on any atom is 0.185 e. The first kappa shape index (κ1) is 16.9. The molecule has 0 bridgehead atoms. The zero-order valence-electron chi connectivity index (χ0n) is 12.9. The Bertz CT molecular complexity index is 579. The van der Waals surface area contributed by atoms with E-state index in [4.69, 9.17) is 4.98 Å². The summed E-state index contributed by atoms with van der Waals surface area (Å²) in [7, 11) is 4.11. The Hall–Kier alpha value is -0.430. The van der Waals surface area contributed by atoms with Crippen LogP contribution in [0.1, 0.15) is 41.6 Å². The normalized spacial score (nSPS) is 12.6. The van der Waals surface area contributed by atoms with Crippen LogP contribution in [0.5, 0.6) is 0 Å². The highest BCUT2D eigenvalue weighted by Gasteiger charge is 2.18. The van der Waals surface area contributed by atoms with Crippen LogP contribution in [0, 0.1) is 0 Å². The van der Waals surface area contributed by atoms with Gasteiger partial charge < -0.3 is 10.2 Å². The van der Waals surface area contributed by atoms with E-state index in [2.05, 4.69) is 58.5 Å². The molecule has 0 fully saturated rings. The molecule has 0 aliphatic carbocycles. The molecule has 21 heavy (non-hydrogen) atoms. The van der Waals surface area contributed by atoms with Gasteiger partial charge in [-0.3, -0.25) is 0 Å². The van der Waals surface area contributed by atoms with E-state index < -0.39 is 0 Å². The van der Waals surface area contributed by atoms with Crippen LogP contribution >= 0.6 is 38.6 Å². The molecular formula is C15H22BrN3S2. The molecule has 0 aromatic carbocycles. The lowest BCUT2D eigenvalue weighted by Gasteiger charge is -2.14. The second-order valence-corrected chi connectivity index (χ2v) is 8.21. The van der Waals surface area contributed by atoms with Crippen molar-refractivity contribution in [3.05, 3.63) is 31.4 Å². The van der Waals surface area contributed by atoms with E-state index in [1.165, 1.54) is 15.4 Å². The van der Waals surface area contributed by atoms with Gasteiger partial charge in [-0.2, -0.15) is 0 Å². The van der Waals surface area contributed by atoms with Gasteiger partial charge in [-0.25, -0.2) is 4.98 Å². The summed E-state index contributed by atoms with van der Waals surface area (Å²) in [6, 6.07) is 2.18. The van der Waals surface area contributed by atoms with Gasteiger partial charge in [-0.1, -0.05) is 13.8 Å². The van der Waals surface area contributed by atoms with Gasteiger partial charge in [-0.15, -0.1) is 22.7 Å². The molecule has 116 valence electrons. The fraction of sp³-hybridized carbons (Fsp3) is 0.533. The summed E-state index contributed by atoms with van der Waals surface area (Å²) in [5.41, 5.74) is 1.26. The first-order valence-corrected chi connectivity index (χ1v) is 9.62. The number of nitrogens with zero attached hydrogens (tertiary/aromatic N) is 2. The predicted octanol–water partition coefficient (Wildman–Crippen LogP) is 4.84. The van der Waals surface area contributed by atoms with Gasteiger partial charge in [0.05, 0.1) is 12.2 Å². The van der Waals surface area contributed by atoms with Crippen molar-refractivity contribution >= 4 is 43.7 Å². The molecule has 1 atom stereocenters. The van der Waals surface area contributed by atoms with Gasteiger partial charge in [0, 0.05) is 33.2 Å². The maximum absolute atomic E-state index is 4.90. The van der Waals surface area contributed by atoms with Crippen molar-refractivity contribution in [2.45, 2.75) is 39.3 Å².